The van der Waals surface area contributed by atoms with Gasteiger partial charge in [0.25, 0.3) is 11.8 Å². The second-order valence-electron chi connectivity index (χ2n) is 9.60. The van der Waals surface area contributed by atoms with Crippen LogP contribution in [0.2, 0.25) is 0 Å². The number of sulfone groups is 1. The van der Waals surface area contributed by atoms with E-state index in [1.807, 2.05) is 17.0 Å². The fourth-order valence-corrected chi connectivity index (χ4v) is 6.09. The van der Waals surface area contributed by atoms with Gasteiger partial charge >= 0.3 is 0 Å². The molecule has 2 aromatic heterocycles. The maximum absolute atomic E-state index is 13.5. The Labute approximate surface area is 210 Å². The number of hydrogen-bond acceptors (Lipinski definition) is 7. The molecule has 11 heteroatoms. The van der Waals surface area contributed by atoms with Gasteiger partial charge in [-0.1, -0.05) is 0 Å². The fraction of sp³-hybridized carbons (Fsp3) is 0.440. The van der Waals surface area contributed by atoms with Gasteiger partial charge in [-0.15, -0.1) is 0 Å². The number of amides is 2. The Bertz CT molecular complexity index is 1380. The Morgan fingerprint density at radius 3 is 2.14 bits per heavy atom. The van der Waals surface area contributed by atoms with Crippen LogP contribution in [0.15, 0.2) is 43.0 Å². The summed E-state index contributed by atoms with van der Waals surface area (Å²) in [6, 6.07) is 7.68. The van der Waals surface area contributed by atoms with E-state index >= 15 is 0 Å². The predicted molar refractivity (Wildman–Crippen MR) is 136 cm³/mol. The molecular formula is C25H30N6O4S. The maximum atomic E-state index is 13.5. The number of piperazine rings is 1. The first-order chi connectivity index (χ1) is 17.2. The van der Waals surface area contributed by atoms with Crippen LogP contribution >= 0.6 is 0 Å². The number of nitrogens with zero attached hydrogens (tertiary/aromatic N) is 6. The molecule has 2 aliphatic rings. The first kappa shape index (κ1) is 24.4. The zero-order chi connectivity index (χ0) is 25.4. The van der Waals surface area contributed by atoms with E-state index in [1.54, 1.807) is 34.0 Å². The van der Waals surface area contributed by atoms with E-state index in [0.717, 1.165) is 24.0 Å². The predicted octanol–water partition coefficient (Wildman–Crippen LogP) is 1.46. The van der Waals surface area contributed by atoms with E-state index in [9.17, 15) is 18.0 Å². The van der Waals surface area contributed by atoms with E-state index < -0.39 is 9.84 Å². The Balaban J connectivity index is 1.48. The van der Waals surface area contributed by atoms with Crippen molar-refractivity contribution >= 4 is 32.6 Å². The first-order valence-corrected chi connectivity index (χ1v) is 14.0. The van der Waals surface area contributed by atoms with Crippen LogP contribution in [-0.2, 0) is 9.84 Å². The molecule has 1 aromatic carbocycles. The van der Waals surface area contributed by atoms with Crippen molar-refractivity contribution < 1.29 is 18.0 Å². The van der Waals surface area contributed by atoms with Crippen molar-refractivity contribution in [2.24, 2.45) is 0 Å². The first-order valence-electron chi connectivity index (χ1n) is 12.2. The highest BCUT2D eigenvalue weighted by atomic mass is 32.2. The average Bonchev–Trinajstić information content (AvgIpc) is 3.27. The van der Waals surface area contributed by atoms with Gasteiger partial charge in [-0.25, -0.2) is 18.4 Å². The third kappa shape index (κ3) is 4.72. The highest BCUT2D eigenvalue weighted by molar-refractivity contribution is 7.91. The molecule has 3 aromatic rings. The maximum Gasteiger partial charge on any atom is 0.270 e. The molecular weight excluding hydrogens is 480 g/mol. The normalized spacial score (nSPS) is 18.6. The van der Waals surface area contributed by atoms with Crippen molar-refractivity contribution in [3.8, 4) is 5.69 Å². The molecule has 0 bridgehead atoms. The minimum atomic E-state index is -3.12. The lowest BCUT2D eigenvalue weighted by molar-refractivity contribution is 0.0595. The molecule has 0 saturated carbocycles. The van der Waals surface area contributed by atoms with Gasteiger partial charge in [0.05, 0.1) is 35.1 Å². The van der Waals surface area contributed by atoms with Gasteiger partial charge in [0.2, 0.25) is 0 Å². The van der Waals surface area contributed by atoms with Gasteiger partial charge in [0, 0.05) is 56.3 Å². The van der Waals surface area contributed by atoms with Crippen LogP contribution in [-0.4, -0.2) is 106 Å². The SMILES string of the molecule is CC(C)N1CCN(C(=O)c2ccc3c(c2)cc(C(=O)N2CCS(=O)(=O)CC2)n3-c2cncnc2)CC1. The largest absolute Gasteiger partial charge is 0.336 e. The second kappa shape index (κ2) is 9.62. The van der Waals surface area contributed by atoms with E-state index in [-0.39, 0.29) is 36.4 Å². The Kier molecular flexibility index (Phi) is 6.52. The van der Waals surface area contributed by atoms with Crippen LogP contribution in [0.5, 0.6) is 0 Å². The van der Waals surface area contributed by atoms with Crippen molar-refractivity contribution in [3.63, 3.8) is 0 Å². The van der Waals surface area contributed by atoms with E-state index in [4.69, 9.17) is 0 Å². The van der Waals surface area contributed by atoms with Gasteiger partial charge in [0.1, 0.15) is 12.0 Å². The van der Waals surface area contributed by atoms with Gasteiger partial charge in [0.15, 0.2) is 9.84 Å². The molecule has 0 N–H and O–H groups in total. The van der Waals surface area contributed by atoms with Crippen molar-refractivity contribution in [2.45, 2.75) is 19.9 Å². The number of rotatable bonds is 4. The minimum Gasteiger partial charge on any atom is -0.336 e. The summed E-state index contributed by atoms with van der Waals surface area (Å²) < 4.78 is 25.5. The van der Waals surface area contributed by atoms with Gasteiger partial charge in [-0.05, 0) is 38.1 Å². The summed E-state index contributed by atoms with van der Waals surface area (Å²) in [5.74, 6) is -0.375. The Hall–Kier alpha value is -3.31. The van der Waals surface area contributed by atoms with E-state index in [1.165, 1.54) is 6.33 Å². The number of hydrogen-bond donors (Lipinski definition) is 0. The van der Waals surface area contributed by atoms with Crippen LogP contribution in [0.1, 0.15) is 34.7 Å². The Morgan fingerprint density at radius 2 is 1.50 bits per heavy atom. The molecule has 0 atom stereocenters. The molecule has 2 fully saturated rings. The van der Waals surface area contributed by atoms with Gasteiger partial charge in [-0.3, -0.25) is 14.5 Å². The Morgan fingerprint density at radius 1 is 0.861 bits per heavy atom. The lowest BCUT2D eigenvalue weighted by atomic mass is 10.1. The monoisotopic (exact) mass is 510 g/mol. The standard InChI is InChI=1S/C25H30N6O4S/c1-18(2)28-5-7-29(8-6-28)24(32)19-3-4-22-20(13-19)14-23(31(22)21-15-26-17-27-16-21)25(33)30-9-11-36(34,35)12-10-30/h3-4,13-18H,5-12H2,1-2H3. The molecule has 10 nitrogen and oxygen atoms in total. The highest BCUT2D eigenvalue weighted by Gasteiger charge is 2.29. The average molecular weight is 511 g/mol. The van der Waals surface area contributed by atoms with E-state index in [2.05, 4.69) is 28.7 Å². The molecule has 36 heavy (non-hydrogen) atoms. The molecule has 4 heterocycles. The summed E-state index contributed by atoms with van der Waals surface area (Å²) >= 11 is 0. The smallest absolute Gasteiger partial charge is 0.270 e. The molecule has 0 spiro atoms. The van der Waals surface area contributed by atoms with Crippen LogP contribution in [0, 0.1) is 0 Å². The lowest BCUT2D eigenvalue weighted by Crippen LogP contribution is -2.50. The molecule has 2 aliphatic heterocycles. The van der Waals surface area contributed by atoms with Gasteiger partial charge in [-0.2, -0.15) is 0 Å². The molecule has 0 radical (unpaired) electrons. The third-order valence-corrected chi connectivity index (χ3v) is 8.65. The molecule has 5 rings (SSSR count). The zero-order valence-electron chi connectivity index (χ0n) is 20.5. The zero-order valence-corrected chi connectivity index (χ0v) is 21.3. The van der Waals surface area contributed by atoms with Crippen LogP contribution < -0.4 is 0 Å². The summed E-state index contributed by atoms with van der Waals surface area (Å²) in [6.45, 7) is 7.68. The number of benzene rings is 1. The fourth-order valence-electron chi connectivity index (χ4n) is 4.89. The number of carbonyl (C=O) groups is 2. The number of carbonyl (C=O) groups excluding carboxylic acids is 2. The second-order valence-corrected chi connectivity index (χ2v) is 11.9. The molecule has 0 unspecified atom stereocenters. The van der Waals surface area contributed by atoms with Crippen LogP contribution in [0.3, 0.4) is 0 Å². The molecule has 0 aliphatic carbocycles. The topological polar surface area (TPSA) is 109 Å². The van der Waals surface area contributed by atoms with Crippen molar-refractivity contribution in [1.82, 2.24) is 29.2 Å². The molecule has 190 valence electrons. The van der Waals surface area contributed by atoms with Crippen LogP contribution in [0.25, 0.3) is 16.6 Å². The van der Waals surface area contributed by atoms with Crippen molar-refractivity contribution in [1.29, 1.82) is 0 Å². The summed E-state index contributed by atoms with van der Waals surface area (Å²) in [7, 11) is -3.12. The van der Waals surface area contributed by atoms with Crippen molar-refractivity contribution in [3.05, 3.63) is 54.2 Å². The quantitative estimate of drug-likeness (QED) is 0.523. The minimum absolute atomic E-state index is 0.0229. The number of fused-ring (bicyclic) bond motifs is 1. The van der Waals surface area contributed by atoms with E-state index in [0.29, 0.717) is 36.1 Å². The van der Waals surface area contributed by atoms with Gasteiger partial charge < -0.3 is 14.4 Å². The summed E-state index contributed by atoms with van der Waals surface area (Å²) in [6.07, 6.45) is 4.66. The molecule has 2 saturated heterocycles. The summed E-state index contributed by atoms with van der Waals surface area (Å²) in [4.78, 5) is 40.8. The van der Waals surface area contributed by atoms with Crippen LogP contribution in [0.4, 0.5) is 0 Å². The number of aromatic nitrogens is 3. The third-order valence-electron chi connectivity index (χ3n) is 7.04. The lowest BCUT2D eigenvalue weighted by Gasteiger charge is -2.37. The van der Waals surface area contributed by atoms with Crippen molar-refractivity contribution in [2.75, 3.05) is 50.8 Å². The highest BCUT2D eigenvalue weighted by Crippen LogP contribution is 2.27. The summed E-state index contributed by atoms with van der Waals surface area (Å²) in [5.41, 5.74) is 2.32. The molecule has 2 amide bonds. The summed E-state index contributed by atoms with van der Waals surface area (Å²) in [5, 5.41) is 0.749.